The fraction of sp³-hybridized carbons (Fsp3) is 0.438. The van der Waals surface area contributed by atoms with E-state index in [4.69, 9.17) is 47.9 Å². The molecule has 236 valence electrons. The van der Waals surface area contributed by atoms with Gasteiger partial charge in [0.05, 0.1) is 30.4 Å². The number of benzene rings is 1. The fourth-order valence-corrected chi connectivity index (χ4v) is 5.73. The average Bonchev–Trinajstić information content (AvgIpc) is 3.01. The molecular weight excluding hydrogens is 608 g/mol. The number of likely N-dealkylation sites (tertiary alicyclic amines) is 1. The summed E-state index contributed by atoms with van der Waals surface area (Å²) >= 11 is 12.3. The van der Waals surface area contributed by atoms with Crippen molar-refractivity contribution in [3.63, 3.8) is 0 Å². The predicted octanol–water partition coefficient (Wildman–Crippen LogP) is 6.49. The number of piperidine rings is 1. The van der Waals surface area contributed by atoms with E-state index in [-0.39, 0.29) is 22.2 Å². The number of nitrogens with two attached hydrogens (primary N) is 1. The van der Waals surface area contributed by atoms with Gasteiger partial charge in [0.1, 0.15) is 24.0 Å². The van der Waals surface area contributed by atoms with E-state index in [9.17, 15) is 9.65 Å². The number of nitrogens with one attached hydrogen (secondary N) is 1. The Hall–Kier alpha value is -3.33. The van der Waals surface area contributed by atoms with Crippen LogP contribution in [0.4, 0.5) is 10.1 Å². The molecular formula is C32H38Cl2FN5O4. The Bertz CT molecular complexity index is 1500. The zero-order chi connectivity index (χ0) is 32.0. The Morgan fingerprint density at radius 2 is 1.95 bits per heavy atom. The Morgan fingerprint density at radius 3 is 2.59 bits per heavy atom. The second kappa shape index (κ2) is 14.6. The van der Waals surface area contributed by atoms with Crippen molar-refractivity contribution in [2.75, 3.05) is 39.6 Å². The van der Waals surface area contributed by atoms with Crippen molar-refractivity contribution in [3.05, 3.63) is 80.6 Å². The largest absolute Gasteiger partial charge is 0.493 e. The van der Waals surface area contributed by atoms with Crippen LogP contribution < -0.4 is 20.5 Å². The van der Waals surface area contributed by atoms with E-state index in [0.29, 0.717) is 53.8 Å². The van der Waals surface area contributed by atoms with Crippen molar-refractivity contribution in [3.8, 4) is 17.6 Å². The van der Waals surface area contributed by atoms with Crippen LogP contribution in [0.5, 0.6) is 11.5 Å². The van der Waals surface area contributed by atoms with E-state index in [1.807, 2.05) is 13.0 Å². The number of nitrogen functional groups attached to an aromatic ring is 1. The minimum Gasteiger partial charge on any atom is -0.493 e. The van der Waals surface area contributed by atoms with Gasteiger partial charge < -0.3 is 34.9 Å². The molecule has 1 aromatic carbocycles. The lowest BCUT2D eigenvalue weighted by Crippen LogP contribution is -2.49. The highest BCUT2D eigenvalue weighted by atomic mass is 35.5. The molecule has 0 aliphatic carbocycles. The summed E-state index contributed by atoms with van der Waals surface area (Å²) in [5.74, 6) is -0.948. The van der Waals surface area contributed by atoms with Gasteiger partial charge >= 0.3 is 0 Å². The number of rotatable bonds is 8. The van der Waals surface area contributed by atoms with Gasteiger partial charge in [0.15, 0.2) is 11.5 Å². The smallest absolute Gasteiger partial charge is 0.232 e. The molecule has 9 nitrogen and oxygen atoms in total. The van der Waals surface area contributed by atoms with Crippen LogP contribution in [0.15, 0.2) is 53.5 Å². The number of hydrogen-bond acceptors (Lipinski definition) is 9. The summed E-state index contributed by atoms with van der Waals surface area (Å²) in [4.78, 5) is 5.91. The van der Waals surface area contributed by atoms with Gasteiger partial charge in [-0.15, -0.1) is 0 Å². The predicted molar refractivity (Wildman–Crippen MR) is 169 cm³/mol. The Morgan fingerprint density at radius 1 is 1.23 bits per heavy atom. The minimum atomic E-state index is -0.846. The second-order valence-corrected chi connectivity index (χ2v) is 11.9. The van der Waals surface area contributed by atoms with E-state index < -0.39 is 17.8 Å². The molecule has 0 amide bonds. The first-order chi connectivity index (χ1) is 21.0. The number of nitrogens with zero attached hydrogens (tertiary/aromatic N) is 3. The van der Waals surface area contributed by atoms with E-state index in [1.54, 1.807) is 25.3 Å². The number of allylic oxidation sites excluding steroid dienone is 2. The third-order valence-corrected chi connectivity index (χ3v) is 8.53. The quantitative estimate of drug-likeness (QED) is 0.246. The van der Waals surface area contributed by atoms with E-state index >= 15 is 0 Å². The molecule has 44 heavy (non-hydrogen) atoms. The fourth-order valence-electron chi connectivity index (χ4n) is 5.28. The van der Waals surface area contributed by atoms with E-state index in [0.717, 1.165) is 24.2 Å². The maximum atomic E-state index is 14.0. The molecule has 2 aliphatic rings. The molecule has 0 saturated carbocycles. The Kier molecular flexibility index (Phi) is 11.2. The first-order valence-electron chi connectivity index (χ1n) is 14.3. The van der Waals surface area contributed by atoms with Crippen LogP contribution in [0.1, 0.15) is 50.8 Å². The Balaban J connectivity index is 1.68. The lowest BCUT2D eigenvalue weighted by Gasteiger charge is -2.42. The number of likely N-dealkylation sites (N-methyl/N-ethyl adjacent to an activating group) is 1. The Labute approximate surface area is 268 Å². The van der Waals surface area contributed by atoms with Gasteiger partial charge in [-0.3, -0.25) is 0 Å². The van der Waals surface area contributed by atoms with Gasteiger partial charge in [0, 0.05) is 61.1 Å². The van der Waals surface area contributed by atoms with E-state index in [2.05, 4.69) is 35.1 Å². The van der Waals surface area contributed by atoms with Gasteiger partial charge in [0.2, 0.25) is 11.7 Å². The molecule has 3 heterocycles. The second-order valence-electron chi connectivity index (χ2n) is 11.1. The van der Waals surface area contributed by atoms with Crippen LogP contribution in [-0.4, -0.2) is 55.6 Å². The van der Waals surface area contributed by atoms with Crippen LogP contribution in [0.3, 0.4) is 0 Å². The molecule has 4 rings (SSSR count). The van der Waals surface area contributed by atoms with Crippen LogP contribution in [0.2, 0.25) is 10.0 Å². The van der Waals surface area contributed by atoms with Gasteiger partial charge in [-0.25, -0.2) is 4.98 Å². The van der Waals surface area contributed by atoms with Crippen LogP contribution >= 0.6 is 23.2 Å². The molecule has 1 atom stereocenters. The molecule has 2 aliphatic heterocycles. The summed E-state index contributed by atoms with van der Waals surface area (Å²) in [6, 6.07) is 5.59. The van der Waals surface area contributed by atoms with Gasteiger partial charge in [-0.2, -0.15) is 9.65 Å². The van der Waals surface area contributed by atoms with Gasteiger partial charge in [-0.05, 0) is 51.1 Å². The summed E-state index contributed by atoms with van der Waals surface area (Å²) in [6.45, 7) is 8.22. The molecule has 1 fully saturated rings. The summed E-state index contributed by atoms with van der Waals surface area (Å²) in [7, 11) is 3.28. The molecule has 2 aromatic rings. The molecule has 0 radical (unpaired) electrons. The van der Waals surface area contributed by atoms with Crippen molar-refractivity contribution in [2.24, 2.45) is 0 Å². The number of anilines is 1. The zero-order valence-electron chi connectivity index (χ0n) is 25.5. The summed E-state index contributed by atoms with van der Waals surface area (Å²) in [5, 5.41) is 13.3. The summed E-state index contributed by atoms with van der Waals surface area (Å²) < 4.78 is 38.2. The van der Waals surface area contributed by atoms with Crippen molar-refractivity contribution in [1.29, 1.82) is 5.26 Å². The highest BCUT2D eigenvalue weighted by Crippen LogP contribution is 2.39. The van der Waals surface area contributed by atoms with Crippen molar-refractivity contribution in [2.45, 2.75) is 58.1 Å². The summed E-state index contributed by atoms with van der Waals surface area (Å²) in [5.41, 5.74) is 9.87. The van der Waals surface area contributed by atoms with Crippen LogP contribution in [-0.2, 0) is 16.1 Å². The molecule has 1 unspecified atom stereocenters. The van der Waals surface area contributed by atoms with Crippen LogP contribution in [0.25, 0.3) is 0 Å². The number of hydrogen-bond donors (Lipinski definition) is 2. The third-order valence-electron chi connectivity index (χ3n) is 7.82. The lowest BCUT2D eigenvalue weighted by molar-refractivity contribution is -0.227. The minimum absolute atomic E-state index is 0.143. The van der Waals surface area contributed by atoms with Gasteiger partial charge in [0.25, 0.3) is 0 Å². The van der Waals surface area contributed by atoms with Gasteiger partial charge in [-0.1, -0.05) is 29.3 Å². The maximum absolute atomic E-state index is 14.0. The number of nitriles is 1. The highest BCUT2D eigenvalue weighted by molar-refractivity contribution is 6.35. The number of methoxy groups -OCH3 is 1. The first-order valence-corrected chi connectivity index (χ1v) is 15.1. The zero-order valence-corrected chi connectivity index (χ0v) is 27.1. The monoisotopic (exact) mass is 645 g/mol. The molecule has 0 bridgehead atoms. The third kappa shape index (κ3) is 7.65. The van der Waals surface area contributed by atoms with E-state index in [1.165, 1.54) is 19.6 Å². The first kappa shape index (κ1) is 33.6. The number of aromatic nitrogens is 1. The molecule has 12 heteroatoms. The van der Waals surface area contributed by atoms with Crippen LogP contribution in [0, 0.1) is 17.3 Å². The van der Waals surface area contributed by atoms with Crippen molar-refractivity contribution in [1.82, 2.24) is 15.2 Å². The number of pyridine rings is 1. The molecule has 1 aromatic heterocycles. The molecule has 1 spiro atoms. The summed E-state index contributed by atoms with van der Waals surface area (Å²) in [6.07, 6.45) is 7.80. The van der Waals surface area contributed by atoms with Crippen molar-refractivity contribution >= 4 is 28.9 Å². The van der Waals surface area contributed by atoms with Crippen molar-refractivity contribution < 1.29 is 23.3 Å². The maximum Gasteiger partial charge on any atom is 0.232 e. The average molecular weight is 647 g/mol. The topological polar surface area (TPSA) is 115 Å². The highest BCUT2D eigenvalue weighted by Gasteiger charge is 2.38. The SMILES string of the molecule is CNC(C1=C/C(C#N)=C/OC2(CCN(C(C)C)CC2)OC\C(C)=C\1)c1cc(OCc2c(Cl)cnc(F)c2Cl)c(OC)cc1N. The lowest BCUT2D eigenvalue weighted by atomic mass is 9.93. The normalized spacial score (nSPS) is 21.6. The standard InChI is InChI=1S/C32H38Cl2FN5O4/c1-19(2)40-8-6-32(7-9-40)43-16-20(3)10-22(11-21(14-36)17-44-32)30(38-4)23-12-28(27(41-5)13-26(23)37)42-18-24-25(33)15-39-31(35)29(24)34/h10-13,15,17,19,30,38H,6-9,16,18,37H2,1-5H3/b20-10+,21-17-,22-11+. The number of ether oxygens (including phenoxy) is 4. The molecule has 1 saturated heterocycles. The molecule has 3 N–H and O–H groups in total. The number of halogens is 3.